The Hall–Kier alpha value is -3.76. The third-order valence-corrected chi connectivity index (χ3v) is 5.41. The number of ether oxygens (including phenoxy) is 2. The molecule has 16 heteroatoms. The zero-order valence-electron chi connectivity index (χ0n) is 25.3. The second-order valence-corrected chi connectivity index (χ2v) is 11.8. The number of amides is 2. The lowest BCUT2D eigenvalue weighted by molar-refractivity contribution is -0.384. The van der Waals surface area contributed by atoms with E-state index in [9.17, 15) is 29.8 Å². The van der Waals surface area contributed by atoms with E-state index in [4.69, 9.17) is 19.5 Å². The molecule has 42 heavy (non-hydrogen) atoms. The zero-order valence-corrected chi connectivity index (χ0v) is 26.9. The van der Waals surface area contributed by atoms with Gasteiger partial charge in [-0.2, -0.15) is 0 Å². The summed E-state index contributed by atoms with van der Waals surface area (Å²) in [5.74, 6) is 0. The van der Waals surface area contributed by atoms with Crippen molar-refractivity contribution < 1.29 is 39.0 Å². The van der Waals surface area contributed by atoms with Crippen molar-refractivity contribution in [2.45, 2.75) is 80.3 Å². The molecule has 0 aliphatic heterocycles. The van der Waals surface area contributed by atoms with E-state index in [2.05, 4.69) is 26.6 Å². The minimum atomic E-state index is -1.17. The maximum Gasteiger partial charge on any atom is 0.448 e. The number of nitrogens with one attached hydrogen (secondary N) is 2. The summed E-state index contributed by atoms with van der Waals surface area (Å²) in [5.41, 5.74) is 1.02. The van der Waals surface area contributed by atoms with Crippen LogP contribution in [0.25, 0.3) is 0 Å². The minimum Gasteiger partial charge on any atom is -0.444 e. The van der Waals surface area contributed by atoms with E-state index in [0.717, 1.165) is 16.7 Å². The van der Waals surface area contributed by atoms with Crippen LogP contribution < -0.4 is 10.6 Å². The minimum absolute atomic E-state index is 0.111. The van der Waals surface area contributed by atoms with Crippen LogP contribution in [-0.4, -0.2) is 50.4 Å². The van der Waals surface area contributed by atoms with Crippen molar-refractivity contribution in [3.8, 4) is 0 Å². The molecule has 0 aliphatic carbocycles. The molecule has 4 N–H and O–H groups in total. The number of benzene rings is 2. The number of aryl methyl sites for hydroxylation is 3. The summed E-state index contributed by atoms with van der Waals surface area (Å²) < 4.78 is 10.7. The number of hydrogen-bond donors (Lipinski definition) is 4. The largest absolute Gasteiger partial charge is 0.448 e. The highest BCUT2D eigenvalue weighted by Gasteiger charge is 2.23. The Kier molecular flexibility index (Phi) is 14.6. The molecule has 2 rings (SSSR count). The van der Waals surface area contributed by atoms with Crippen molar-refractivity contribution in [2.75, 3.05) is 10.6 Å². The van der Waals surface area contributed by atoms with Gasteiger partial charge in [0.15, 0.2) is 0 Å². The molecule has 0 fully saturated rings. The summed E-state index contributed by atoms with van der Waals surface area (Å²) in [6.07, 6.45) is -1.43. The molecule has 0 atom stereocenters. The third-order valence-electron chi connectivity index (χ3n) is 4.55. The van der Waals surface area contributed by atoms with Crippen LogP contribution in [0.3, 0.4) is 0 Å². The zero-order chi connectivity index (χ0) is 33.2. The van der Waals surface area contributed by atoms with Gasteiger partial charge in [-0.3, -0.25) is 30.9 Å². The lowest BCUT2D eigenvalue weighted by Gasteiger charge is -2.19. The summed E-state index contributed by atoms with van der Waals surface area (Å²) in [6.45, 7) is 17.0. The van der Waals surface area contributed by atoms with Gasteiger partial charge in [-0.15, -0.1) is 0 Å². The Morgan fingerprint density at radius 1 is 0.762 bits per heavy atom. The smallest absolute Gasteiger partial charge is 0.444 e. The third kappa shape index (κ3) is 15.3. The van der Waals surface area contributed by atoms with Crippen LogP contribution in [0, 0.1) is 41.0 Å². The van der Waals surface area contributed by atoms with E-state index in [1.807, 2.05) is 6.92 Å². The van der Waals surface area contributed by atoms with Crippen LogP contribution in [0.2, 0.25) is 6.82 Å². The van der Waals surface area contributed by atoms with Gasteiger partial charge in [0.05, 0.1) is 9.85 Å². The summed E-state index contributed by atoms with van der Waals surface area (Å²) in [7, 11) is -1.17. The lowest BCUT2D eigenvalue weighted by Crippen LogP contribution is -2.27. The van der Waals surface area contributed by atoms with Gasteiger partial charge >= 0.3 is 19.3 Å². The Labute approximate surface area is 253 Å². The number of nitro groups is 2. The molecule has 2 aromatic carbocycles. The molecule has 0 aliphatic rings. The van der Waals surface area contributed by atoms with Crippen molar-refractivity contribution >= 4 is 58.0 Å². The van der Waals surface area contributed by atoms with Gasteiger partial charge in [-0.05, 0) is 98.0 Å². The molecular formula is C26H38BBrN4O10. The van der Waals surface area contributed by atoms with E-state index >= 15 is 0 Å². The molecule has 0 unspecified atom stereocenters. The van der Waals surface area contributed by atoms with Gasteiger partial charge in [0.2, 0.25) is 0 Å². The van der Waals surface area contributed by atoms with Crippen molar-refractivity contribution in [3.05, 3.63) is 65.7 Å². The number of hydrogen-bond acceptors (Lipinski definition) is 10. The molecule has 0 bridgehead atoms. The van der Waals surface area contributed by atoms with Crippen LogP contribution in [0.15, 0.2) is 28.7 Å². The summed E-state index contributed by atoms with van der Waals surface area (Å²) in [6, 6.07) is 5.87. The van der Waals surface area contributed by atoms with E-state index in [1.54, 1.807) is 61.5 Å². The Morgan fingerprint density at radius 3 is 1.40 bits per heavy atom. The lowest BCUT2D eigenvalue weighted by atomic mass is 9.99. The van der Waals surface area contributed by atoms with Gasteiger partial charge < -0.3 is 19.5 Å². The first-order valence-corrected chi connectivity index (χ1v) is 13.3. The van der Waals surface area contributed by atoms with Gasteiger partial charge in [0.1, 0.15) is 22.6 Å². The van der Waals surface area contributed by atoms with Crippen molar-refractivity contribution in [3.63, 3.8) is 0 Å². The van der Waals surface area contributed by atoms with Crippen LogP contribution >= 0.6 is 15.9 Å². The second-order valence-electron chi connectivity index (χ2n) is 11.0. The maximum atomic E-state index is 11.6. The number of carbonyl (C=O) groups excluding carboxylic acids is 2. The van der Waals surface area contributed by atoms with Gasteiger partial charge in [-0.1, -0.05) is 15.9 Å². The highest BCUT2D eigenvalue weighted by Crippen LogP contribution is 2.31. The molecule has 14 nitrogen and oxygen atoms in total. The number of halogens is 1. The van der Waals surface area contributed by atoms with Gasteiger partial charge in [0, 0.05) is 16.6 Å². The first kappa shape index (κ1) is 38.2. The monoisotopic (exact) mass is 656 g/mol. The van der Waals surface area contributed by atoms with Crippen molar-refractivity contribution in [1.29, 1.82) is 0 Å². The van der Waals surface area contributed by atoms with Gasteiger partial charge in [0.25, 0.3) is 11.4 Å². The van der Waals surface area contributed by atoms with Crippen LogP contribution in [0.5, 0.6) is 0 Å². The summed E-state index contributed by atoms with van der Waals surface area (Å²) in [4.78, 5) is 44.1. The summed E-state index contributed by atoms with van der Waals surface area (Å²) >= 11 is 3.22. The van der Waals surface area contributed by atoms with Crippen molar-refractivity contribution in [2.24, 2.45) is 0 Å². The average Bonchev–Trinajstić information content (AvgIpc) is 2.75. The van der Waals surface area contributed by atoms with E-state index in [1.165, 1.54) is 25.0 Å². The standard InChI is InChI=1S/C13H18N2O4.C12H15BrN2O4.CH5BO2/c1-8-6-10(11(15(17)18)7-9(8)2)14-12(16)19-13(3,4)5;1-7-5-9(10(15(17)18)6-8(7)13)14-11(16)19-12(2,3)4;1-2(3)4/h6-7H,1-5H3,(H,14,16);5-6H,1-4H3,(H,14,16);3-4H,1H3. The molecule has 2 amide bonds. The van der Waals surface area contributed by atoms with Gasteiger partial charge in [-0.25, -0.2) is 9.59 Å². The molecule has 0 saturated heterocycles. The first-order valence-electron chi connectivity index (χ1n) is 12.5. The number of rotatable bonds is 4. The number of nitrogens with zero attached hydrogens (tertiary/aromatic N) is 2. The highest BCUT2D eigenvalue weighted by atomic mass is 79.9. The van der Waals surface area contributed by atoms with E-state index < -0.39 is 40.4 Å². The first-order chi connectivity index (χ1) is 18.9. The topological polar surface area (TPSA) is 203 Å². The summed E-state index contributed by atoms with van der Waals surface area (Å²) in [5, 5.41) is 41.9. The average molecular weight is 657 g/mol. The van der Waals surface area contributed by atoms with Crippen molar-refractivity contribution in [1.82, 2.24) is 0 Å². The quantitative estimate of drug-likeness (QED) is 0.156. The highest BCUT2D eigenvalue weighted by molar-refractivity contribution is 9.10. The fourth-order valence-corrected chi connectivity index (χ4v) is 3.13. The molecule has 0 aromatic heterocycles. The van der Waals surface area contributed by atoms with E-state index in [-0.39, 0.29) is 22.7 Å². The number of carbonyl (C=O) groups is 2. The fraction of sp³-hybridized carbons (Fsp3) is 0.462. The molecule has 0 heterocycles. The molecule has 0 spiro atoms. The fourth-order valence-electron chi connectivity index (χ4n) is 2.80. The number of nitro benzene ring substituents is 2. The maximum absolute atomic E-state index is 11.6. The SMILES string of the molecule is CB(O)O.Cc1cc(NC(=O)OC(C)(C)C)c([N+](=O)[O-])cc1Br.Cc1cc(NC(=O)OC(C)(C)C)c([N+](=O)[O-])cc1C. The van der Waals surface area contributed by atoms with Crippen LogP contribution in [0.1, 0.15) is 58.2 Å². The Morgan fingerprint density at radius 2 is 1.07 bits per heavy atom. The Bertz CT molecular complexity index is 1190. The molecule has 0 saturated carbocycles. The second kappa shape index (κ2) is 16.0. The molecule has 232 valence electrons. The van der Waals surface area contributed by atoms with Crippen LogP contribution in [0.4, 0.5) is 32.3 Å². The predicted octanol–water partition coefficient (Wildman–Crippen LogP) is 6.66. The normalized spacial score (nSPS) is 10.6. The number of anilines is 2. The molecule has 2 aromatic rings. The predicted molar refractivity (Wildman–Crippen MR) is 164 cm³/mol. The molecular weight excluding hydrogens is 619 g/mol. The van der Waals surface area contributed by atoms with E-state index in [0.29, 0.717) is 4.47 Å². The van der Waals surface area contributed by atoms with Crippen LogP contribution in [-0.2, 0) is 9.47 Å². The molecule has 0 radical (unpaired) electrons. The Balaban J connectivity index is 0.000000710.